The number of ether oxygens (including phenoxy) is 2. The number of hydrogen-bond acceptors (Lipinski definition) is 2. The van der Waals surface area contributed by atoms with Crippen molar-refractivity contribution in [2.24, 2.45) is 0 Å². The Morgan fingerprint density at radius 3 is 1.76 bits per heavy atom. The first-order valence-electron chi connectivity index (χ1n) is 9.69. The van der Waals surface area contributed by atoms with E-state index in [0.29, 0.717) is 0 Å². The van der Waals surface area contributed by atoms with Crippen molar-refractivity contribution < 1.29 is 9.47 Å². The maximum atomic E-state index is 5.90. The second-order valence-corrected chi connectivity index (χ2v) is 6.91. The number of halogens is 1. The van der Waals surface area contributed by atoms with Gasteiger partial charge in [-0.2, -0.15) is 0 Å². The van der Waals surface area contributed by atoms with Gasteiger partial charge in [-0.15, -0.1) is 11.6 Å². The molecule has 0 saturated carbocycles. The van der Waals surface area contributed by atoms with Crippen LogP contribution in [-0.4, -0.2) is 19.1 Å². The molecule has 0 unspecified atom stereocenters. The van der Waals surface area contributed by atoms with Gasteiger partial charge in [0.2, 0.25) is 0 Å². The van der Waals surface area contributed by atoms with Crippen molar-refractivity contribution in [2.45, 2.75) is 58.3 Å². The van der Waals surface area contributed by atoms with Crippen molar-refractivity contribution in [2.75, 3.05) is 19.1 Å². The molecule has 2 rings (SSSR count). The average Bonchev–Trinajstić information content (AvgIpc) is 2.64. The molecule has 0 aliphatic carbocycles. The summed E-state index contributed by atoms with van der Waals surface area (Å²) in [7, 11) is 0. The third kappa shape index (κ3) is 7.56. The summed E-state index contributed by atoms with van der Waals surface area (Å²) in [4.78, 5) is 0. The molecule has 0 radical (unpaired) electrons. The maximum Gasteiger partial charge on any atom is 0.119 e. The van der Waals surface area contributed by atoms with E-state index < -0.39 is 0 Å². The molecule has 0 bridgehead atoms. The monoisotopic (exact) mass is 362 g/mol. The summed E-state index contributed by atoms with van der Waals surface area (Å²) in [5.74, 6) is 2.69. The predicted octanol–water partition coefficient (Wildman–Crippen LogP) is 6.98. The lowest BCUT2D eigenvalue weighted by molar-refractivity contribution is 0.304. The molecule has 0 aliphatic rings. The third-order valence-electron chi connectivity index (χ3n) is 4.35. The lowest BCUT2D eigenvalue weighted by Gasteiger charge is -2.09. The molecular formula is C22H31ClO2. The van der Waals surface area contributed by atoms with Gasteiger partial charge in [-0.1, -0.05) is 51.2 Å². The Hall–Kier alpha value is -1.41. The summed E-state index contributed by atoms with van der Waals surface area (Å²) in [6.45, 7) is 3.75. The van der Waals surface area contributed by atoms with Crippen LogP contribution in [0.5, 0.6) is 11.5 Å². The Morgan fingerprint density at radius 1 is 0.680 bits per heavy atom. The summed E-state index contributed by atoms with van der Waals surface area (Å²) in [5.41, 5.74) is 0. The highest BCUT2D eigenvalue weighted by Gasteiger charge is 2.01. The number of fused-ring (bicyclic) bond motifs is 1. The molecule has 2 aromatic carbocycles. The van der Waals surface area contributed by atoms with Crippen LogP contribution in [0, 0.1) is 0 Å². The Kier molecular flexibility index (Phi) is 9.58. The molecule has 0 N–H and O–H groups in total. The summed E-state index contributed by atoms with van der Waals surface area (Å²) in [6, 6.07) is 12.5. The minimum absolute atomic E-state index is 0.787. The van der Waals surface area contributed by atoms with E-state index in [0.717, 1.165) is 56.3 Å². The van der Waals surface area contributed by atoms with Crippen molar-refractivity contribution in [3.63, 3.8) is 0 Å². The lowest BCUT2D eigenvalue weighted by Crippen LogP contribution is -1.98. The molecule has 0 spiro atoms. The van der Waals surface area contributed by atoms with Crippen LogP contribution in [-0.2, 0) is 0 Å². The van der Waals surface area contributed by atoms with Crippen molar-refractivity contribution >= 4 is 22.4 Å². The van der Waals surface area contributed by atoms with Gasteiger partial charge < -0.3 is 9.47 Å². The molecule has 0 saturated heterocycles. The summed E-state index contributed by atoms with van der Waals surface area (Å²) >= 11 is 5.68. The highest BCUT2D eigenvalue weighted by atomic mass is 35.5. The van der Waals surface area contributed by atoms with Crippen LogP contribution in [0.4, 0.5) is 0 Å². The highest BCUT2D eigenvalue weighted by Crippen LogP contribution is 2.25. The van der Waals surface area contributed by atoms with Gasteiger partial charge in [0, 0.05) is 5.88 Å². The van der Waals surface area contributed by atoms with E-state index in [-0.39, 0.29) is 0 Å². The number of unbranched alkanes of at least 4 members (excludes halogenated alkanes) is 6. The normalized spacial score (nSPS) is 11.0. The van der Waals surface area contributed by atoms with Crippen molar-refractivity contribution in [1.82, 2.24) is 0 Å². The van der Waals surface area contributed by atoms with E-state index in [2.05, 4.69) is 37.3 Å². The molecule has 0 atom stereocenters. The Morgan fingerprint density at radius 2 is 1.20 bits per heavy atom. The second kappa shape index (κ2) is 12.0. The van der Waals surface area contributed by atoms with E-state index >= 15 is 0 Å². The van der Waals surface area contributed by atoms with E-state index in [1.54, 1.807) is 0 Å². The molecule has 0 aliphatic heterocycles. The smallest absolute Gasteiger partial charge is 0.119 e. The van der Waals surface area contributed by atoms with Gasteiger partial charge in [-0.25, -0.2) is 0 Å². The summed E-state index contributed by atoms with van der Waals surface area (Å²) in [6.07, 6.45) is 9.54. The summed E-state index contributed by atoms with van der Waals surface area (Å²) in [5, 5.41) is 2.39. The third-order valence-corrected chi connectivity index (χ3v) is 4.61. The van der Waals surface area contributed by atoms with Crippen LogP contribution < -0.4 is 9.47 Å². The SMILES string of the molecule is CCCCOc1ccc2cc(OCCCCCCCCCl)ccc2c1. The fourth-order valence-electron chi connectivity index (χ4n) is 2.81. The number of benzene rings is 2. The van der Waals surface area contributed by atoms with Crippen molar-refractivity contribution in [1.29, 1.82) is 0 Å². The first kappa shape index (κ1) is 19.9. The van der Waals surface area contributed by atoms with Crippen LogP contribution in [0.2, 0.25) is 0 Å². The fraction of sp³-hybridized carbons (Fsp3) is 0.545. The van der Waals surface area contributed by atoms with Crippen LogP contribution in [0.3, 0.4) is 0 Å². The largest absolute Gasteiger partial charge is 0.494 e. The Bertz CT molecular complexity index is 612. The first-order chi connectivity index (χ1) is 12.3. The zero-order valence-corrected chi connectivity index (χ0v) is 16.2. The molecule has 0 aromatic heterocycles. The van der Waals surface area contributed by atoms with E-state index in [4.69, 9.17) is 21.1 Å². The van der Waals surface area contributed by atoms with Gasteiger partial charge in [0.1, 0.15) is 11.5 Å². The average molecular weight is 363 g/mol. The van der Waals surface area contributed by atoms with Crippen LogP contribution in [0.15, 0.2) is 36.4 Å². The molecule has 0 amide bonds. The second-order valence-electron chi connectivity index (χ2n) is 6.53. The van der Waals surface area contributed by atoms with Crippen LogP contribution >= 0.6 is 11.6 Å². The minimum atomic E-state index is 0.787. The van der Waals surface area contributed by atoms with Crippen LogP contribution in [0.1, 0.15) is 58.3 Å². The predicted molar refractivity (Wildman–Crippen MR) is 108 cm³/mol. The molecule has 2 nitrogen and oxygen atoms in total. The molecule has 3 heteroatoms. The Balaban J connectivity index is 1.74. The van der Waals surface area contributed by atoms with Crippen molar-refractivity contribution in [3.8, 4) is 11.5 Å². The zero-order chi connectivity index (χ0) is 17.7. The lowest BCUT2D eigenvalue weighted by atomic mass is 10.1. The Labute approximate surface area is 157 Å². The maximum absolute atomic E-state index is 5.90. The van der Waals surface area contributed by atoms with Crippen molar-refractivity contribution in [3.05, 3.63) is 36.4 Å². The molecular weight excluding hydrogens is 332 g/mol. The fourth-order valence-corrected chi connectivity index (χ4v) is 3.00. The zero-order valence-electron chi connectivity index (χ0n) is 15.4. The molecule has 25 heavy (non-hydrogen) atoms. The molecule has 0 fully saturated rings. The molecule has 0 heterocycles. The highest BCUT2D eigenvalue weighted by molar-refractivity contribution is 6.17. The van der Waals surface area contributed by atoms with E-state index in [1.807, 2.05) is 6.07 Å². The van der Waals surface area contributed by atoms with Gasteiger partial charge >= 0.3 is 0 Å². The summed E-state index contributed by atoms with van der Waals surface area (Å²) < 4.78 is 11.7. The molecule has 2 aromatic rings. The van der Waals surface area contributed by atoms with Gasteiger partial charge in [-0.05, 0) is 54.3 Å². The van der Waals surface area contributed by atoms with Crippen LogP contribution in [0.25, 0.3) is 10.8 Å². The topological polar surface area (TPSA) is 18.5 Å². The van der Waals surface area contributed by atoms with Gasteiger partial charge in [0.25, 0.3) is 0 Å². The van der Waals surface area contributed by atoms with Gasteiger partial charge in [-0.3, -0.25) is 0 Å². The number of rotatable bonds is 13. The number of hydrogen-bond donors (Lipinski definition) is 0. The number of alkyl halides is 1. The first-order valence-corrected chi connectivity index (χ1v) is 10.2. The van der Waals surface area contributed by atoms with Gasteiger partial charge in [0.15, 0.2) is 0 Å². The van der Waals surface area contributed by atoms with E-state index in [9.17, 15) is 0 Å². The minimum Gasteiger partial charge on any atom is -0.494 e. The molecule has 138 valence electrons. The quantitative estimate of drug-likeness (QED) is 0.282. The van der Waals surface area contributed by atoms with Gasteiger partial charge in [0.05, 0.1) is 13.2 Å². The standard InChI is InChI=1S/C22H31ClO2/c1-2-3-15-24-21-12-10-20-18-22(13-11-19(20)17-21)25-16-9-7-5-4-6-8-14-23/h10-13,17-18H,2-9,14-16H2,1H3. The van der Waals surface area contributed by atoms with E-state index in [1.165, 1.54) is 36.5 Å².